The summed E-state index contributed by atoms with van der Waals surface area (Å²) >= 11 is 7.69. The van der Waals surface area contributed by atoms with Gasteiger partial charge in [0.25, 0.3) is 0 Å². The predicted octanol–water partition coefficient (Wildman–Crippen LogP) is 3.18. The lowest BCUT2D eigenvalue weighted by Gasteiger charge is -2.35. The molecule has 2 aliphatic rings. The van der Waals surface area contributed by atoms with Crippen LogP contribution >= 0.6 is 23.4 Å². The quantitative estimate of drug-likeness (QED) is 0.694. The summed E-state index contributed by atoms with van der Waals surface area (Å²) in [6.07, 6.45) is 1.03. The molecule has 2 heterocycles. The van der Waals surface area contributed by atoms with Crippen molar-refractivity contribution in [1.29, 1.82) is 0 Å². The largest absolute Gasteiger partial charge is 0.361 e. The second kappa shape index (κ2) is 9.18. The molecule has 160 valence electrons. The minimum Gasteiger partial charge on any atom is -0.361 e. The molecule has 1 amide bonds. The van der Waals surface area contributed by atoms with Gasteiger partial charge in [0.2, 0.25) is 15.9 Å². The maximum atomic E-state index is 12.9. The average molecular weight is 466 g/mol. The Morgan fingerprint density at radius 1 is 0.967 bits per heavy atom. The van der Waals surface area contributed by atoms with Gasteiger partial charge in [-0.1, -0.05) is 23.7 Å². The molecule has 0 N–H and O–H groups in total. The van der Waals surface area contributed by atoms with Crippen molar-refractivity contribution < 1.29 is 13.2 Å². The summed E-state index contributed by atoms with van der Waals surface area (Å²) in [6.45, 7) is 2.56. The Hall–Kier alpha value is -1.74. The van der Waals surface area contributed by atoms with E-state index in [2.05, 4.69) is 17.0 Å². The van der Waals surface area contributed by atoms with E-state index in [0.29, 0.717) is 37.7 Å². The van der Waals surface area contributed by atoms with Crippen molar-refractivity contribution in [2.24, 2.45) is 0 Å². The number of anilines is 1. The van der Waals surface area contributed by atoms with Crippen molar-refractivity contribution >= 4 is 45.0 Å². The molecule has 2 aromatic carbocycles. The van der Waals surface area contributed by atoms with Gasteiger partial charge in [-0.25, -0.2) is 8.42 Å². The van der Waals surface area contributed by atoms with Crippen molar-refractivity contribution in [1.82, 2.24) is 9.21 Å². The van der Waals surface area contributed by atoms with Gasteiger partial charge < -0.3 is 9.80 Å². The van der Waals surface area contributed by atoms with E-state index in [1.165, 1.54) is 21.3 Å². The van der Waals surface area contributed by atoms with Crippen LogP contribution in [0, 0.1) is 0 Å². The zero-order valence-corrected chi connectivity index (χ0v) is 18.9. The number of rotatable bonds is 4. The normalized spacial score (nSPS) is 18.0. The Morgan fingerprint density at radius 3 is 2.40 bits per heavy atom. The van der Waals surface area contributed by atoms with Gasteiger partial charge in [0.05, 0.1) is 17.1 Å². The molecular formula is C21H24ClN3O3S2. The van der Waals surface area contributed by atoms with Crippen LogP contribution in [-0.2, 0) is 14.8 Å². The number of hydrogen-bond donors (Lipinski definition) is 0. The number of benzene rings is 2. The van der Waals surface area contributed by atoms with E-state index in [-0.39, 0.29) is 10.8 Å². The fraction of sp³-hybridized carbons (Fsp3) is 0.381. The third-order valence-corrected chi connectivity index (χ3v) is 8.72. The van der Waals surface area contributed by atoms with E-state index >= 15 is 0 Å². The molecule has 0 spiro atoms. The van der Waals surface area contributed by atoms with Gasteiger partial charge in [0, 0.05) is 42.6 Å². The fourth-order valence-electron chi connectivity index (χ4n) is 3.76. The third-order valence-electron chi connectivity index (χ3n) is 5.40. The Labute approximate surface area is 186 Å². The minimum atomic E-state index is -3.58. The predicted molar refractivity (Wildman–Crippen MR) is 121 cm³/mol. The lowest BCUT2D eigenvalue weighted by atomic mass is 10.2. The number of carbonyl (C=O) groups is 1. The zero-order chi connectivity index (χ0) is 21.1. The van der Waals surface area contributed by atoms with Crippen LogP contribution in [0.25, 0.3) is 0 Å². The average Bonchev–Trinajstić information content (AvgIpc) is 2.96. The summed E-state index contributed by atoms with van der Waals surface area (Å²) in [7, 11) is -3.58. The number of fused-ring (bicyclic) bond motifs is 1. The summed E-state index contributed by atoms with van der Waals surface area (Å²) < 4.78 is 27.1. The van der Waals surface area contributed by atoms with Gasteiger partial charge in [-0.2, -0.15) is 4.31 Å². The van der Waals surface area contributed by atoms with Crippen LogP contribution in [-0.4, -0.2) is 68.6 Å². The maximum Gasteiger partial charge on any atom is 0.243 e. The van der Waals surface area contributed by atoms with Crippen LogP contribution in [0.15, 0.2) is 58.3 Å². The van der Waals surface area contributed by atoms with Crippen LogP contribution in [0.2, 0.25) is 5.02 Å². The molecule has 0 radical (unpaired) electrons. The zero-order valence-electron chi connectivity index (χ0n) is 16.5. The summed E-state index contributed by atoms with van der Waals surface area (Å²) in [5, 5.41) is 0.498. The number of halogens is 1. The molecule has 1 fully saturated rings. The highest BCUT2D eigenvalue weighted by Crippen LogP contribution is 2.33. The molecule has 2 aliphatic heterocycles. The van der Waals surface area contributed by atoms with E-state index in [9.17, 15) is 13.2 Å². The van der Waals surface area contributed by atoms with Gasteiger partial charge in [-0.15, -0.1) is 11.8 Å². The second-order valence-corrected chi connectivity index (χ2v) is 10.8. The highest BCUT2D eigenvalue weighted by molar-refractivity contribution is 7.99. The SMILES string of the molecule is O=C(CN1CCCSc2ccccc21)N1CCN(S(=O)(=O)c2ccc(Cl)cc2)CC1. The molecule has 0 atom stereocenters. The van der Waals surface area contributed by atoms with Crippen molar-refractivity contribution in [2.45, 2.75) is 16.2 Å². The van der Waals surface area contributed by atoms with Gasteiger partial charge in [-0.3, -0.25) is 4.79 Å². The molecule has 2 aromatic rings. The molecule has 0 aliphatic carbocycles. The van der Waals surface area contributed by atoms with E-state index in [4.69, 9.17) is 11.6 Å². The Balaban J connectivity index is 1.38. The number of para-hydroxylation sites is 1. The number of hydrogen-bond acceptors (Lipinski definition) is 5. The summed E-state index contributed by atoms with van der Waals surface area (Å²) in [5.74, 6) is 1.09. The first-order chi connectivity index (χ1) is 14.4. The van der Waals surface area contributed by atoms with Gasteiger partial charge in [-0.05, 0) is 48.6 Å². The molecule has 30 heavy (non-hydrogen) atoms. The molecule has 0 aromatic heterocycles. The van der Waals surface area contributed by atoms with E-state index in [1.54, 1.807) is 17.0 Å². The Bertz CT molecular complexity index is 1010. The molecular weight excluding hydrogens is 442 g/mol. The van der Waals surface area contributed by atoms with Crippen LogP contribution in [0.5, 0.6) is 0 Å². The van der Waals surface area contributed by atoms with Gasteiger partial charge in [0.15, 0.2) is 0 Å². The summed E-state index contributed by atoms with van der Waals surface area (Å²) in [5.41, 5.74) is 1.11. The van der Waals surface area contributed by atoms with E-state index in [0.717, 1.165) is 24.4 Å². The first kappa shape index (κ1) is 21.5. The standard InChI is InChI=1S/C21H24ClN3O3S2/c22-17-6-8-18(9-7-17)30(27,28)25-13-11-23(12-14-25)21(26)16-24-10-3-15-29-20-5-2-1-4-19(20)24/h1-2,4-9H,3,10-16H2. The first-order valence-electron chi connectivity index (χ1n) is 9.95. The topological polar surface area (TPSA) is 60.9 Å². The number of piperazine rings is 1. The summed E-state index contributed by atoms with van der Waals surface area (Å²) in [6, 6.07) is 14.4. The molecule has 1 saturated heterocycles. The van der Waals surface area contributed by atoms with Crippen LogP contribution < -0.4 is 4.90 Å². The maximum absolute atomic E-state index is 12.9. The molecule has 9 heteroatoms. The van der Waals surface area contributed by atoms with Crippen molar-refractivity contribution in [3.8, 4) is 0 Å². The van der Waals surface area contributed by atoms with E-state index < -0.39 is 10.0 Å². The monoisotopic (exact) mass is 465 g/mol. The number of thioether (sulfide) groups is 1. The lowest BCUT2D eigenvalue weighted by molar-refractivity contribution is -0.130. The van der Waals surface area contributed by atoms with E-state index in [1.807, 2.05) is 23.9 Å². The lowest BCUT2D eigenvalue weighted by Crippen LogP contribution is -2.52. The molecule has 0 bridgehead atoms. The fourth-order valence-corrected chi connectivity index (χ4v) is 6.32. The Kier molecular flexibility index (Phi) is 6.57. The number of sulfonamides is 1. The van der Waals surface area contributed by atoms with Crippen LogP contribution in [0.1, 0.15) is 6.42 Å². The van der Waals surface area contributed by atoms with Gasteiger partial charge >= 0.3 is 0 Å². The van der Waals surface area contributed by atoms with Crippen molar-refractivity contribution in [3.63, 3.8) is 0 Å². The Morgan fingerprint density at radius 2 is 1.67 bits per heavy atom. The van der Waals surface area contributed by atoms with Gasteiger partial charge in [0.1, 0.15) is 0 Å². The minimum absolute atomic E-state index is 0.0419. The van der Waals surface area contributed by atoms with Crippen molar-refractivity contribution in [3.05, 3.63) is 53.6 Å². The van der Waals surface area contributed by atoms with Crippen LogP contribution in [0.4, 0.5) is 5.69 Å². The molecule has 4 rings (SSSR count). The second-order valence-electron chi connectivity index (χ2n) is 7.33. The molecule has 0 saturated carbocycles. The number of nitrogens with zero attached hydrogens (tertiary/aromatic N) is 3. The smallest absolute Gasteiger partial charge is 0.243 e. The molecule has 6 nitrogen and oxygen atoms in total. The third kappa shape index (κ3) is 4.61. The molecule has 0 unspecified atom stereocenters. The number of amides is 1. The summed E-state index contributed by atoms with van der Waals surface area (Å²) in [4.78, 5) is 18.3. The van der Waals surface area contributed by atoms with Crippen LogP contribution in [0.3, 0.4) is 0 Å². The first-order valence-corrected chi connectivity index (χ1v) is 12.8. The van der Waals surface area contributed by atoms with Crippen molar-refractivity contribution in [2.75, 3.05) is 49.9 Å². The highest BCUT2D eigenvalue weighted by Gasteiger charge is 2.31. The highest BCUT2D eigenvalue weighted by atomic mass is 35.5. The number of carbonyl (C=O) groups excluding carboxylic acids is 1.